The topological polar surface area (TPSA) is 77.2 Å². The second kappa shape index (κ2) is 8.85. The van der Waals surface area contributed by atoms with Gasteiger partial charge in [-0.25, -0.2) is 5.43 Å². The highest BCUT2D eigenvalue weighted by molar-refractivity contribution is 6.04. The number of hydrazone groups is 1. The van der Waals surface area contributed by atoms with E-state index in [1.54, 1.807) is 6.21 Å². The van der Waals surface area contributed by atoms with Crippen molar-refractivity contribution < 1.29 is 4.74 Å². The van der Waals surface area contributed by atoms with E-state index < -0.39 is 0 Å². The number of fused-ring (bicyclic) bond motifs is 3. The quantitative estimate of drug-likeness (QED) is 0.294. The van der Waals surface area contributed by atoms with E-state index in [9.17, 15) is 0 Å². The molecular weight excluding hydrogens is 400 g/mol. The number of hydrogen-bond donors (Lipinski definition) is 1. The second-order valence-corrected chi connectivity index (χ2v) is 7.25. The highest BCUT2D eigenvalue weighted by Gasteiger charge is 2.13. The molecule has 0 aliphatic rings. The molecule has 0 unspecified atom stereocenters. The van der Waals surface area contributed by atoms with Crippen molar-refractivity contribution in [3.05, 3.63) is 90.0 Å². The fourth-order valence-electron chi connectivity index (χ4n) is 3.68. The summed E-state index contributed by atoms with van der Waals surface area (Å²) in [6, 6.07) is 25.9. The maximum Gasteiger partial charge on any atom is 0.265 e. The lowest BCUT2D eigenvalue weighted by Gasteiger charge is -2.09. The summed E-state index contributed by atoms with van der Waals surface area (Å²) in [5.74, 6) is 1.09. The summed E-state index contributed by atoms with van der Waals surface area (Å²) in [5, 5.41) is 14.0. The van der Waals surface area contributed by atoms with Crippen LogP contribution in [0.3, 0.4) is 0 Å². The van der Waals surface area contributed by atoms with E-state index in [2.05, 4.69) is 43.3 Å². The van der Waals surface area contributed by atoms with Gasteiger partial charge in [-0.1, -0.05) is 60.7 Å². The molecule has 0 aliphatic carbocycles. The first-order chi connectivity index (χ1) is 15.8. The van der Waals surface area contributed by atoms with Crippen molar-refractivity contribution in [1.82, 2.24) is 19.7 Å². The zero-order chi connectivity index (χ0) is 21.8. The normalized spacial score (nSPS) is 11.4. The molecule has 7 nitrogen and oxygen atoms in total. The Morgan fingerprint density at radius 1 is 0.938 bits per heavy atom. The lowest BCUT2D eigenvalue weighted by atomic mass is 10.2. The monoisotopic (exact) mass is 422 g/mol. The zero-order valence-electron chi connectivity index (χ0n) is 17.6. The third kappa shape index (κ3) is 3.88. The lowest BCUT2D eigenvalue weighted by Crippen LogP contribution is -2.02. The van der Waals surface area contributed by atoms with Crippen molar-refractivity contribution in [1.29, 1.82) is 0 Å². The average molecular weight is 422 g/mol. The minimum Gasteiger partial charge on any atom is -0.488 e. The first kappa shape index (κ1) is 19.7. The van der Waals surface area contributed by atoms with Gasteiger partial charge < -0.3 is 9.30 Å². The minimum absolute atomic E-state index is 0.342. The van der Waals surface area contributed by atoms with Crippen LogP contribution in [0.15, 0.2) is 84.0 Å². The van der Waals surface area contributed by atoms with Crippen molar-refractivity contribution in [2.45, 2.75) is 20.1 Å². The average Bonchev–Trinajstić information content (AvgIpc) is 3.17. The lowest BCUT2D eigenvalue weighted by molar-refractivity contribution is 0.306. The van der Waals surface area contributed by atoms with Crippen LogP contribution in [0.4, 0.5) is 5.95 Å². The van der Waals surface area contributed by atoms with Gasteiger partial charge in [-0.2, -0.15) is 10.1 Å². The van der Waals surface area contributed by atoms with Gasteiger partial charge in [0, 0.05) is 17.5 Å². The Morgan fingerprint density at radius 3 is 2.59 bits per heavy atom. The fraction of sp³-hybridized carbons (Fsp3) is 0.120. The number of aryl methyl sites for hydroxylation is 1. The van der Waals surface area contributed by atoms with E-state index >= 15 is 0 Å². The van der Waals surface area contributed by atoms with Crippen LogP contribution in [0.25, 0.3) is 22.1 Å². The molecule has 0 saturated heterocycles. The number of ether oxygens (including phenoxy) is 1. The van der Waals surface area contributed by atoms with E-state index in [0.29, 0.717) is 12.6 Å². The number of para-hydroxylation sites is 2. The predicted octanol–water partition coefficient (Wildman–Crippen LogP) is 5.02. The summed E-state index contributed by atoms with van der Waals surface area (Å²) < 4.78 is 8.11. The third-order valence-corrected chi connectivity index (χ3v) is 5.21. The van der Waals surface area contributed by atoms with Crippen LogP contribution in [0.2, 0.25) is 0 Å². The maximum atomic E-state index is 5.98. The SMILES string of the molecule is CCn1c2ccccc2c2nnc(N/N=C/c3ccccc3OCc3ccccc3)nc21. The molecule has 0 aliphatic heterocycles. The smallest absolute Gasteiger partial charge is 0.265 e. The molecule has 7 heteroatoms. The molecule has 0 radical (unpaired) electrons. The molecule has 158 valence electrons. The van der Waals surface area contributed by atoms with Crippen molar-refractivity contribution in [2.75, 3.05) is 5.43 Å². The summed E-state index contributed by atoms with van der Waals surface area (Å²) in [7, 11) is 0. The summed E-state index contributed by atoms with van der Waals surface area (Å²) >= 11 is 0. The van der Waals surface area contributed by atoms with Gasteiger partial charge in [0.15, 0.2) is 5.65 Å². The van der Waals surface area contributed by atoms with E-state index in [0.717, 1.165) is 45.5 Å². The van der Waals surface area contributed by atoms with Crippen LogP contribution in [-0.4, -0.2) is 26.0 Å². The van der Waals surface area contributed by atoms with Crippen LogP contribution in [0, 0.1) is 0 Å². The molecular formula is C25H22N6O. The van der Waals surface area contributed by atoms with E-state index in [1.807, 2.05) is 72.8 Å². The number of anilines is 1. The maximum absolute atomic E-state index is 5.98. The van der Waals surface area contributed by atoms with Crippen molar-refractivity contribution in [2.24, 2.45) is 5.10 Å². The Labute approximate surface area is 185 Å². The van der Waals surface area contributed by atoms with Crippen LogP contribution in [0.1, 0.15) is 18.1 Å². The van der Waals surface area contributed by atoms with E-state index in [-0.39, 0.29) is 0 Å². The number of benzene rings is 3. The Kier molecular flexibility index (Phi) is 5.45. The van der Waals surface area contributed by atoms with Gasteiger partial charge in [0.1, 0.15) is 17.9 Å². The zero-order valence-corrected chi connectivity index (χ0v) is 17.6. The molecule has 0 atom stereocenters. The van der Waals surface area contributed by atoms with Crippen LogP contribution >= 0.6 is 0 Å². The molecule has 0 saturated carbocycles. The molecule has 5 aromatic rings. The Morgan fingerprint density at radius 2 is 1.72 bits per heavy atom. The van der Waals surface area contributed by atoms with Gasteiger partial charge in [-0.3, -0.25) is 0 Å². The van der Waals surface area contributed by atoms with Gasteiger partial charge in [0.05, 0.1) is 11.7 Å². The summed E-state index contributed by atoms with van der Waals surface area (Å²) in [5.41, 5.74) is 7.53. The molecule has 2 aromatic heterocycles. The number of hydrogen-bond acceptors (Lipinski definition) is 6. The van der Waals surface area contributed by atoms with Gasteiger partial charge in [0.2, 0.25) is 0 Å². The van der Waals surface area contributed by atoms with Crippen LogP contribution in [-0.2, 0) is 13.2 Å². The summed E-state index contributed by atoms with van der Waals surface area (Å²) in [6.45, 7) is 3.37. The van der Waals surface area contributed by atoms with Gasteiger partial charge in [-0.05, 0) is 30.7 Å². The summed E-state index contributed by atoms with van der Waals surface area (Å²) in [4.78, 5) is 4.65. The number of nitrogens with one attached hydrogen (secondary N) is 1. The molecule has 0 bridgehead atoms. The third-order valence-electron chi connectivity index (χ3n) is 5.21. The highest BCUT2D eigenvalue weighted by atomic mass is 16.5. The van der Waals surface area contributed by atoms with Crippen molar-refractivity contribution in [3.8, 4) is 5.75 Å². The first-order valence-corrected chi connectivity index (χ1v) is 10.5. The van der Waals surface area contributed by atoms with Crippen LogP contribution in [0.5, 0.6) is 5.75 Å². The fourth-order valence-corrected chi connectivity index (χ4v) is 3.68. The molecule has 5 rings (SSSR count). The van der Waals surface area contributed by atoms with Gasteiger partial charge in [0.25, 0.3) is 5.95 Å². The Hall–Kier alpha value is -4.26. The number of aromatic nitrogens is 4. The van der Waals surface area contributed by atoms with Crippen molar-refractivity contribution >= 4 is 34.2 Å². The molecule has 3 aromatic carbocycles. The summed E-state index contributed by atoms with van der Waals surface area (Å²) in [6.07, 6.45) is 1.70. The molecule has 32 heavy (non-hydrogen) atoms. The Bertz CT molecular complexity index is 1390. The van der Waals surface area contributed by atoms with E-state index in [4.69, 9.17) is 4.74 Å². The molecule has 0 amide bonds. The largest absolute Gasteiger partial charge is 0.488 e. The first-order valence-electron chi connectivity index (χ1n) is 10.5. The molecule has 0 fully saturated rings. The Balaban J connectivity index is 1.36. The highest BCUT2D eigenvalue weighted by Crippen LogP contribution is 2.26. The van der Waals surface area contributed by atoms with Gasteiger partial charge in [-0.15, -0.1) is 10.2 Å². The molecule has 0 spiro atoms. The van der Waals surface area contributed by atoms with Crippen molar-refractivity contribution in [3.63, 3.8) is 0 Å². The standard InChI is InChI=1S/C25H22N6O/c1-2-31-21-14-8-7-13-20(21)23-24(31)27-25(30-28-23)29-26-16-19-12-6-9-15-22(19)32-17-18-10-4-3-5-11-18/h3-16H,2,17H2,1H3,(H,27,29,30)/b26-16+. The number of rotatable bonds is 7. The number of nitrogens with zero attached hydrogens (tertiary/aromatic N) is 5. The van der Waals surface area contributed by atoms with Gasteiger partial charge >= 0.3 is 0 Å². The molecule has 2 heterocycles. The predicted molar refractivity (Wildman–Crippen MR) is 127 cm³/mol. The van der Waals surface area contributed by atoms with E-state index in [1.165, 1.54) is 0 Å². The van der Waals surface area contributed by atoms with Crippen LogP contribution < -0.4 is 10.2 Å². The minimum atomic E-state index is 0.342. The molecule has 1 N–H and O–H groups in total. The second-order valence-electron chi connectivity index (χ2n) is 7.25.